The van der Waals surface area contributed by atoms with E-state index in [1.165, 1.54) is 4.90 Å². The SMILES string of the molecule is CN(CC1CCCC1)C(=O)C(CC(=O)O)NC(=O)OCC1c2ccccc2-c2ccccc21. The van der Waals surface area contributed by atoms with E-state index < -0.39 is 30.4 Å². The van der Waals surface area contributed by atoms with E-state index in [-0.39, 0.29) is 12.5 Å². The van der Waals surface area contributed by atoms with Crippen LogP contribution in [0.5, 0.6) is 0 Å². The largest absolute Gasteiger partial charge is 0.481 e. The summed E-state index contributed by atoms with van der Waals surface area (Å²) in [7, 11) is 1.66. The lowest BCUT2D eigenvalue weighted by Crippen LogP contribution is -2.49. The van der Waals surface area contributed by atoms with Crippen LogP contribution in [0, 0.1) is 5.92 Å². The van der Waals surface area contributed by atoms with Crippen LogP contribution in [-0.2, 0) is 14.3 Å². The molecule has 2 N–H and O–H groups in total. The molecule has 0 bridgehead atoms. The summed E-state index contributed by atoms with van der Waals surface area (Å²) in [4.78, 5) is 38.3. The van der Waals surface area contributed by atoms with E-state index in [9.17, 15) is 19.5 Å². The van der Waals surface area contributed by atoms with Crippen molar-refractivity contribution in [2.45, 2.75) is 44.1 Å². The van der Waals surface area contributed by atoms with E-state index >= 15 is 0 Å². The van der Waals surface area contributed by atoms with Gasteiger partial charge in [-0.2, -0.15) is 0 Å². The zero-order valence-corrected chi connectivity index (χ0v) is 18.8. The van der Waals surface area contributed by atoms with Crippen molar-refractivity contribution in [1.82, 2.24) is 10.2 Å². The average molecular weight is 451 g/mol. The fraction of sp³-hybridized carbons (Fsp3) is 0.423. The van der Waals surface area contributed by atoms with Gasteiger partial charge in [-0.15, -0.1) is 0 Å². The van der Waals surface area contributed by atoms with Crippen LogP contribution in [0.3, 0.4) is 0 Å². The van der Waals surface area contributed by atoms with Crippen molar-refractivity contribution >= 4 is 18.0 Å². The number of hydrogen-bond donors (Lipinski definition) is 2. The standard InChI is InChI=1S/C26H30N2O5/c1-28(15-17-8-2-3-9-17)25(31)23(14-24(29)30)27-26(32)33-16-22-20-12-6-4-10-18(20)19-11-5-7-13-21(19)22/h4-7,10-13,17,22-23H,2-3,8-9,14-16H2,1H3,(H,27,32)(H,29,30). The van der Waals surface area contributed by atoms with Gasteiger partial charge in [0.05, 0.1) is 6.42 Å². The van der Waals surface area contributed by atoms with Crippen LogP contribution in [-0.4, -0.2) is 54.2 Å². The summed E-state index contributed by atoms with van der Waals surface area (Å²) in [5, 5.41) is 11.8. The van der Waals surface area contributed by atoms with Gasteiger partial charge in [-0.3, -0.25) is 9.59 Å². The van der Waals surface area contributed by atoms with E-state index in [2.05, 4.69) is 17.4 Å². The Hall–Kier alpha value is -3.35. The first-order chi connectivity index (χ1) is 15.9. The van der Waals surface area contributed by atoms with Crippen molar-refractivity contribution in [2.24, 2.45) is 5.92 Å². The Balaban J connectivity index is 1.39. The van der Waals surface area contributed by atoms with Gasteiger partial charge in [-0.05, 0) is 41.0 Å². The number of nitrogens with zero attached hydrogens (tertiary/aromatic N) is 1. The van der Waals surface area contributed by atoms with Gasteiger partial charge < -0.3 is 20.1 Å². The number of aliphatic carboxylic acids is 1. The minimum Gasteiger partial charge on any atom is -0.481 e. The number of ether oxygens (including phenoxy) is 1. The van der Waals surface area contributed by atoms with Crippen molar-refractivity contribution in [3.63, 3.8) is 0 Å². The van der Waals surface area contributed by atoms with E-state index in [0.29, 0.717) is 12.5 Å². The molecule has 1 saturated carbocycles. The predicted octanol–water partition coefficient (Wildman–Crippen LogP) is 4.02. The third-order valence-corrected chi connectivity index (χ3v) is 6.70. The molecule has 2 aliphatic carbocycles. The van der Waals surface area contributed by atoms with Crippen molar-refractivity contribution < 1.29 is 24.2 Å². The van der Waals surface area contributed by atoms with E-state index in [1.54, 1.807) is 7.05 Å². The Labute approximate surface area is 193 Å². The minimum atomic E-state index is -1.16. The molecular weight excluding hydrogens is 420 g/mol. The molecule has 7 nitrogen and oxygen atoms in total. The van der Waals surface area contributed by atoms with Gasteiger partial charge in [0.25, 0.3) is 0 Å². The molecule has 33 heavy (non-hydrogen) atoms. The summed E-state index contributed by atoms with van der Waals surface area (Å²) in [6, 6.07) is 14.9. The fourth-order valence-corrected chi connectivity index (χ4v) is 5.09. The normalized spacial score (nSPS) is 16.0. The Morgan fingerprint density at radius 3 is 2.18 bits per heavy atom. The summed E-state index contributed by atoms with van der Waals surface area (Å²) < 4.78 is 5.50. The number of fused-ring (bicyclic) bond motifs is 3. The number of rotatable bonds is 8. The Morgan fingerprint density at radius 2 is 1.61 bits per heavy atom. The quantitative estimate of drug-likeness (QED) is 0.633. The molecule has 1 unspecified atom stereocenters. The van der Waals surface area contributed by atoms with Crippen molar-refractivity contribution in [2.75, 3.05) is 20.2 Å². The van der Waals surface area contributed by atoms with Gasteiger partial charge >= 0.3 is 12.1 Å². The van der Waals surface area contributed by atoms with Gasteiger partial charge in [0, 0.05) is 19.5 Å². The Bertz CT molecular complexity index is 985. The maximum Gasteiger partial charge on any atom is 0.407 e. The first kappa shape index (κ1) is 22.8. The highest BCUT2D eigenvalue weighted by molar-refractivity contribution is 5.89. The molecule has 1 fully saturated rings. The lowest BCUT2D eigenvalue weighted by atomic mass is 9.98. The molecule has 2 amide bonds. The molecule has 1 atom stereocenters. The zero-order chi connectivity index (χ0) is 23.4. The van der Waals surface area contributed by atoms with Crippen LogP contribution in [0.25, 0.3) is 11.1 Å². The van der Waals surface area contributed by atoms with Crippen LogP contribution in [0.15, 0.2) is 48.5 Å². The van der Waals surface area contributed by atoms with Crippen LogP contribution in [0.4, 0.5) is 4.79 Å². The summed E-state index contributed by atoms with van der Waals surface area (Å²) in [6.07, 6.45) is 3.18. The molecule has 174 valence electrons. The number of nitrogens with one attached hydrogen (secondary N) is 1. The van der Waals surface area contributed by atoms with E-state index in [0.717, 1.165) is 47.9 Å². The molecule has 0 radical (unpaired) electrons. The molecule has 4 rings (SSSR count). The molecule has 0 saturated heterocycles. The van der Waals surface area contributed by atoms with E-state index in [4.69, 9.17) is 4.74 Å². The molecule has 0 aromatic heterocycles. The van der Waals surface area contributed by atoms with Gasteiger partial charge in [-0.1, -0.05) is 61.4 Å². The highest BCUT2D eigenvalue weighted by Gasteiger charge is 2.31. The molecule has 2 aromatic rings. The third-order valence-electron chi connectivity index (χ3n) is 6.70. The molecular formula is C26H30N2O5. The summed E-state index contributed by atoms with van der Waals surface area (Å²) >= 11 is 0. The molecule has 7 heteroatoms. The first-order valence-electron chi connectivity index (χ1n) is 11.5. The van der Waals surface area contributed by atoms with Gasteiger partial charge in [-0.25, -0.2) is 4.79 Å². The van der Waals surface area contributed by atoms with Crippen LogP contribution in [0.1, 0.15) is 49.1 Å². The Morgan fingerprint density at radius 1 is 1.03 bits per heavy atom. The van der Waals surface area contributed by atoms with Crippen molar-refractivity contribution in [3.8, 4) is 11.1 Å². The summed E-state index contributed by atoms with van der Waals surface area (Å²) in [5.41, 5.74) is 4.41. The molecule has 0 spiro atoms. The topological polar surface area (TPSA) is 95.9 Å². The second-order valence-corrected chi connectivity index (χ2v) is 8.99. The third kappa shape index (κ3) is 5.18. The zero-order valence-electron chi connectivity index (χ0n) is 18.8. The van der Waals surface area contributed by atoms with Crippen LogP contribution in [0.2, 0.25) is 0 Å². The smallest absolute Gasteiger partial charge is 0.407 e. The van der Waals surface area contributed by atoms with Gasteiger partial charge in [0.15, 0.2) is 0 Å². The van der Waals surface area contributed by atoms with Crippen LogP contribution < -0.4 is 5.32 Å². The number of alkyl carbamates (subject to hydrolysis) is 1. The number of likely N-dealkylation sites (N-methyl/N-ethyl adjacent to an activating group) is 1. The maximum atomic E-state index is 12.9. The van der Waals surface area contributed by atoms with Crippen molar-refractivity contribution in [3.05, 3.63) is 59.7 Å². The molecule has 0 heterocycles. The van der Waals surface area contributed by atoms with Crippen LogP contribution >= 0.6 is 0 Å². The van der Waals surface area contributed by atoms with Crippen molar-refractivity contribution in [1.29, 1.82) is 0 Å². The number of benzene rings is 2. The summed E-state index contributed by atoms with van der Waals surface area (Å²) in [5.74, 6) is -1.24. The van der Waals surface area contributed by atoms with Gasteiger partial charge in [0.1, 0.15) is 12.6 Å². The second-order valence-electron chi connectivity index (χ2n) is 8.99. The highest BCUT2D eigenvalue weighted by Crippen LogP contribution is 2.44. The number of carboxylic acid groups (broad SMARTS) is 1. The highest BCUT2D eigenvalue weighted by atomic mass is 16.5. The molecule has 0 aliphatic heterocycles. The lowest BCUT2D eigenvalue weighted by molar-refractivity contribution is -0.142. The van der Waals surface area contributed by atoms with Gasteiger partial charge in [0.2, 0.25) is 5.91 Å². The Kier molecular flexibility index (Phi) is 6.96. The molecule has 2 aliphatic rings. The second kappa shape index (κ2) is 10.1. The number of carboxylic acids is 1. The fourth-order valence-electron chi connectivity index (χ4n) is 5.09. The average Bonchev–Trinajstić information content (AvgIpc) is 3.42. The number of amides is 2. The predicted molar refractivity (Wildman–Crippen MR) is 124 cm³/mol. The first-order valence-corrected chi connectivity index (χ1v) is 11.5. The number of carbonyl (C=O) groups excluding carboxylic acids is 2. The summed E-state index contributed by atoms with van der Waals surface area (Å²) in [6.45, 7) is 0.674. The van der Waals surface area contributed by atoms with E-state index in [1.807, 2.05) is 36.4 Å². The lowest BCUT2D eigenvalue weighted by Gasteiger charge is -2.26. The molecule has 2 aromatic carbocycles. The monoisotopic (exact) mass is 450 g/mol. The number of carbonyl (C=O) groups is 3. The minimum absolute atomic E-state index is 0.103. The maximum absolute atomic E-state index is 12.9. The number of hydrogen-bond acceptors (Lipinski definition) is 4.